The monoisotopic (exact) mass is 269 g/mol. The van der Waals surface area contributed by atoms with Crippen LogP contribution in [0.25, 0.3) is 0 Å². The van der Waals surface area contributed by atoms with Gasteiger partial charge in [-0.05, 0) is 24.7 Å². The third kappa shape index (κ3) is 4.27. The molecular weight excluding hydrogens is 250 g/mol. The van der Waals surface area contributed by atoms with Crippen LogP contribution in [0.15, 0.2) is 47.3 Å². The Morgan fingerprint density at radius 3 is 2.80 bits per heavy atom. The van der Waals surface area contributed by atoms with Crippen molar-refractivity contribution in [3.8, 4) is 11.8 Å². The predicted octanol–water partition coefficient (Wildman–Crippen LogP) is 2.65. The summed E-state index contributed by atoms with van der Waals surface area (Å²) in [6.45, 7) is 1.78. The highest BCUT2D eigenvalue weighted by molar-refractivity contribution is 5.41. The molecule has 0 aliphatic rings. The molecule has 2 aromatic rings. The third-order valence-corrected chi connectivity index (χ3v) is 2.95. The number of aliphatic hydroxyl groups is 1. The van der Waals surface area contributed by atoms with Crippen LogP contribution in [0, 0.1) is 11.8 Å². The summed E-state index contributed by atoms with van der Waals surface area (Å²) >= 11 is 0. The van der Waals surface area contributed by atoms with E-state index in [1.807, 2.05) is 24.3 Å². The summed E-state index contributed by atoms with van der Waals surface area (Å²) < 4.78 is 5.08. The molecule has 3 nitrogen and oxygen atoms in total. The normalized spacial score (nSPS) is 10.3. The highest BCUT2D eigenvalue weighted by Crippen LogP contribution is 2.12. The molecule has 3 heteroatoms. The molecule has 0 aliphatic heterocycles. The minimum absolute atomic E-state index is 0.107. The minimum atomic E-state index is 0.107. The van der Waals surface area contributed by atoms with E-state index in [9.17, 15) is 0 Å². The van der Waals surface area contributed by atoms with Gasteiger partial charge < -0.3 is 9.52 Å². The van der Waals surface area contributed by atoms with Gasteiger partial charge in [0.2, 0.25) is 0 Å². The van der Waals surface area contributed by atoms with Gasteiger partial charge in [-0.2, -0.15) is 0 Å². The van der Waals surface area contributed by atoms with Gasteiger partial charge >= 0.3 is 0 Å². The second-order valence-electron chi connectivity index (χ2n) is 4.74. The summed E-state index contributed by atoms with van der Waals surface area (Å²) in [6.07, 6.45) is 3.97. The lowest BCUT2D eigenvalue weighted by Crippen LogP contribution is -2.17. The first-order chi connectivity index (χ1) is 9.79. The summed E-state index contributed by atoms with van der Waals surface area (Å²) in [5.41, 5.74) is 3.39. The third-order valence-electron chi connectivity index (χ3n) is 2.95. The van der Waals surface area contributed by atoms with Gasteiger partial charge in [-0.25, -0.2) is 0 Å². The Morgan fingerprint density at radius 1 is 1.20 bits per heavy atom. The second kappa shape index (κ2) is 7.54. The van der Waals surface area contributed by atoms with E-state index in [0.717, 1.165) is 24.2 Å². The van der Waals surface area contributed by atoms with Crippen molar-refractivity contribution in [1.29, 1.82) is 0 Å². The number of hydrogen-bond acceptors (Lipinski definition) is 3. The van der Waals surface area contributed by atoms with Gasteiger partial charge in [0.1, 0.15) is 0 Å². The topological polar surface area (TPSA) is 36.6 Å². The van der Waals surface area contributed by atoms with Gasteiger partial charge in [0.25, 0.3) is 0 Å². The van der Waals surface area contributed by atoms with Crippen LogP contribution in [-0.2, 0) is 13.1 Å². The Morgan fingerprint density at radius 2 is 2.05 bits per heavy atom. The van der Waals surface area contributed by atoms with Crippen LogP contribution in [0.4, 0.5) is 0 Å². The molecule has 20 heavy (non-hydrogen) atoms. The summed E-state index contributed by atoms with van der Waals surface area (Å²) in [7, 11) is 2.07. The Labute approximate surface area is 119 Å². The van der Waals surface area contributed by atoms with Crippen molar-refractivity contribution in [2.45, 2.75) is 19.5 Å². The summed E-state index contributed by atoms with van der Waals surface area (Å²) in [5, 5.41) is 8.78. The highest BCUT2D eigenvalue weighted by atomic mass is 16.3. The molecule has 0 fully saturated rings. The van der Waals surface area contributed by atoms with Gasteiger partial charge in [-0.3, -0.25) is 4.90 Å². The lowest BCUT2D eigenvalue weighted by atomic mass is 10.1. The van der Waals surface area contributed by atoms with Crippen LogP contribution in [0.3, 0.4) is 0 Å². The molecule has 1 heterocycles. The molecular formula is C17H19NO2. The Kier molecular flexibility index (Phi) is 5.43. The zero-order valence-electron chi connectivity index (χ0n) is 11.7. The van der Waals surface area contributed by atoms with E-state index in [4.69, 9.17) is 9.52 Å². The predicted molar refractivity (Wildman–Crippen MR) is 78.9 cm³/mol. The van der Waals surface area contributed by atoms with E-state index in [0.29, 0.717) is 6.42 Å². The first-order valence-electron chi connectivity index (χ1n) is 6.67. The van der Waals surface area contributed by atoms with E-state index in [1.54, 1.807) is 12.5 Å². The Bertz CT molecular complexity index is 579. The molecule has 1 aromatic heterocycles. The number of furan rings is 1. The van der Waals surface area contributed by atoms with Crippen LogP contribution in [0.1, 0.15) is 23.1 Å². The maximum Gasteiger partial charge on any atom is 0.0947 e. The number of benzene rings is 1. The average Bonchev–Trinajstić information content (AvgIpc) is 2.93. The maximum atomic E-state index is 8.78. The molecule has 104 valence electrons. The van der Waals surface area contributed by atoms with Gasteiger partial charge in [0.05, 0.1) is 19.1 Å². The average molecular weight is 269 g/mol. The number of hydrogen-bond donors (Lipinski definition) is 1. The Hall–Kier alpha value is -2.02. The lowest BCUT2D eigenvalue weighted by Gasteiger charge is -2.16. The molecule has 0 saturated heterocycles. The summed E-state index contributed by atoms with van der Waals surface area (Å²) in [6, 6.07) is 10.1. The fraction of sp³-hybridized carbons (Fsp3) is 0.294. The van der Waals surface area contributed by atoms with Crippen molar-refractivity contribution in [1.82, 2.24) is 4.90 Å². The van der Waals surface area contributed by atoms with E-state index >= 15 is 0 Å². The van der Waals surface area contributed by atoms with Crippen LogP contribution >= 0.6 is 0 Å². The first kappa shape index (κ1) is 14.4. The standard InChI is InChI=1S/C17H19NO2/c1-18(12-15-9-11-20-14-15)13-17-8-3-2-6-16(17)7-4-5-10-19/h2-3,6,8-9,11,14,19H,5,10,12-13H2,1H3. The molecule has 2 rings (SSSR count). The second-order valence-corrected chi connectivity index (χ2v) is 4.74. The molecule has 0 atom stereocenters. The molecule has 0 bridgehead atoms. The van der Waals surface area contributed by atoms with Crippen LogP contribution in [0.2, 0.25) is 0 Å². The van der Waals surface area contributed by atoms with Gasteiger partial charge in [0.15, 0.2) is 0 Å². The number of nitrogens with zero attached hydrogens (tertiary/aromatic N) is 1. The van der Waals surface area contributed by atoms with Gasteiger partial charge in [0, 0.05) is 30.6 Å². The van der Waals surface area contributed by atoms with Crippen molar-refractivity contribution in [3.63, 3.8) is 0 Å². The smallest absolute Gasteiger partial charge is 0.0947 e. The van der Waals surface area contributed by atoms with Gasteiger partial charge in [-0.15, -0.1) is 0 Å². The first-order valence-corrected chi connectivity index (χ1v) is 6.67. The van der Waals surface area contributed by atoms with Gasteiger partial charge in [-0.1, -0.05) is 30.0 Å². The fourth-order valence-corrected chi connectivity index (χ4v) is 2.03. The largest absolute Gasteiger partial charge is 0.472 e. The zero-order chi connectivity index (χ0) is 14.2. The molecule has 0 amide bonds. The molecule has 0 spiro atoms. The van der Waals surface area contributed by atoms with E-state index in [2.05, 4.69) is 29.9 Å². The molecule has 0 saturated carbocycles. The quantitative estimate of drug-likeness (QED) is 0.848. The molecule has 0 radical (unpaired) electrons. The zero-order valence-corrected chi connectivity index (χ0v) is 11.7. The van der Waals surface area contributed by atoms with Crippen molar-refractivity contribution in [3.05, 3.63) is 59.5 Å². The van der Waals surface area contributed by atoms with Crippen molar-refractivity contribution in [2.75, 3.05) is 13.7 Å². The highest BCUT2D eigenvalue weighted by Gasteiger charge is 2.05. The fourth-order valence-electron chi connectivity index (χ4n) is 2.03. The summed E-state index contributed by atoms with van der Waals surface area (Å²) in [5.74, 6) is 6.10. The van der Waals surface area contributed by atoms with E-state index in [1.165, 1.54) is 5.56 Å². The van der Waals surface area contributed by atoms with Crippen LogP contribution in [0.5, 0.6) is 0 Å². The minimum Gasteiger partial charge on any atom is -0.472 e. The molecule has 1 N–H and O–H groups in total. The van der Waals surface area contributed by atoms with Crippen LogP contribution in [-0.4, -0.2) is 23.7 Å². The SMILES string of the molecule is CN(Cc1ccoc1)Cc1ccccc1C#CCCO. The van der Waals surface area contributed by atoms with E-state index < -0.39 is 0 Å². The van der Waals surface area contributed by atoms with Crippen molar-refractivity contribution in [2.24, 2.45) is 0 Å². The van der Waals surface area contributed by atoms with Crippen molar-refractivity contribution >= 4 is 0 Å². The number of aliphatic hydroxyl groups excluding tert-OH is 1. The van der Waals surface area contributed by atoms with Crippen molar-refractivity contribution < 1.29 is 9.52 Å². The summed E-state index contributed by atoms with van der Waals surface area (Å²) in [4.78, 5) is 2.22. The van der Waals surface area contributed by atoms with E-state index in [-0.39, 0.29) is 6.61 Å². The Balaban J connectivity index is 2.03. The number of rotatable bonds is 5. The molecule has 0 unspecified atom stereocenters. The molecule has 1 aromatic carbocycles. The molecule has 0 aliphatic carbocycles. The van der Waals surface area contributed by atoms with Crippen LogP contribution < -0.4 is 0 Å². The lowest BCUT2D eigenvalue weighted by molar-refractivity contribution is 0.305. The maximum absolute atomic E-state index is 8.78.